The van der Waals surface area contributed by atoms with Gasteiger partial charge in [-0.1, -0.05) is 17.7 Å². The smallest absolute Gasteiger partial charge is 0.387 e. The normalized spacial score (nSPS) is 10.4. The third-order valence-electron chi connectivity index (χ3n) is 3.00. The lowest BCUT2D eigenvalue weighted by atomic mass is 10.2. The molecule has 0 aliphatic heterocycles. The third kappa shape index (κ3) is 5.27. The Morgan fingerprint density at radius 2 is 1.88 bits per heavy atom. The van der Waals surface area contributed by atoms with Crippen molar-refractivity contribution in [1.82, 2.24) is 5.32 Å². The zero-order chi connectivity index (χ0) is 17.5. The fourth-order valence-corrected chi connectivity index (χ4v) is 2.03. The van der Waals surface area contributed by atoms with Crippen molar-refractivity contribution in [3.8, 4) is 11.5 Å². The lowest BCUT2D eigenvalue weighted by Gasteiger charge is -2.12. The molecule has 0 atom stereocenters. The van der Waals surface area contributed by atoms with E-state index in [1.165, 1.54) is 19.2 Å². The van der Waals surface area contributed by atoms with E-state index in [9.17, 15) is 13.6 Å². The first-order valence-electron chi connectivity index (χ1n) is 6.90. The second-order valence-corrected chi connectivity index (χ2v) is 5.11. The van der Waals surface area contributed by atoms with E-state index in [-0.39, 0.29) is 18.0 Å². The van der Waals surface area contributed by atoms with Gasteiger partial charge in [0, 0.05) is 17.3 Å². The topological polar surface area (TPSA) is 59.6 Å². The number of carbonyl (C=O) groups is 1. The first-order valence-corrected chi connectivity index (χ1v) is 7.28. The molecule has 0 aliphatic carbocycles. The molecule has 0 bridgehead atoms. The molecule has 0 aromatic heterocycles. The Morgan fingerprint density at radius 3 is 2.50 bits per heavy atom. The van der Waals surface area contributed by atoms with Crippen LogP contribution in [0.4, 0.5) is 19.3 Å². The molecule has 0 radical (unpaired) electrons. The van der Waals surface area contributed by atoms with Gasteiger partial charge >= 0.3 is 12.6 Å². The van der Waals surface area contributed by atoms with Crippen molar-refractivity contribution in [2.45, 2.75) is 13.2 Å². The quantitative estimate of drug-likeness (QED) is 0.812. The second-order valence-electron chi connectivity index (χ2n) is 4.68. The fraction of sp³-hybridized carbons (Fsp3) is 0.188. The number of alkyl halides is 2. The summed E-state index contributed by atoms with van der Waals surface area (Å²) < 4.78 is 33.9. The van der Waals surface area contributed by atoms with Crippen molar-refractivity contribution >= 4 is 23.3 Å². The van der Waals surface area contributed by atoms with Crippen LogP contribution >= 0.6 is 11.6 Å². The molecule has 2 N–H and O–H groups in total. The number of anilines is 1. The highest BCUT2D eigenvalue weighted by molar-refractivity contribution is 6.30. The van der Waals surface area contributed by atoms with Gasteiger partial charge in [-0.05, 0) is 42.0 Å². The van der Waals surface area contributed by atoms with E-state index < -0.39 is 12.6 Å². The van der Waals surface area contributed by atoms with E-state index >= 15 is 0 Å². The number of urea groups is 1. The van der Waals surface area contributed by atoms with Crippen molar-refractivity contribution in [2.24, 2.45) is 0 Å². The summed E-state index contributed by atoms with van der Waals surface area (Å²) in [6, 6.07) is 10.7. The molecule has 0 fully saturated rings. The Balaban J connectivity index is 1.93. The lowest BCUT2D eigenvalue weighted by molar-refractivity contribution is -0.0512. The number of ether oxygens (including phenoxy) is 2. The molecule has 0 unspecified atom stereocenters. The van der Waals surface area contributed by atoms with E-state index in [0.29, 0.717) is 16.3 Å². The zero-order valence-electron chi connectivity index (χ0n) is 12.7. The second kappa shape index (κ2) is 8.35. The number of methoxy groups -OCH3 is 1. The predicted molar refractivity (Wildman–Crippen MR) is 86.9 cm³/mol. The minimum absolute atomic E-state index is 0.0677. The molecule has 0 spiro atoms. The number of rotatable bonds is 6. The highest BCUT2D eigenvalue weighted by atomic mass is 35.5. The first-order chi connectivity index (χ1) is 11.5. The van der Waals surface area contributed by atoms with Crippen LogP contribution in [0.2, 0.25) is 5.02 Å². The molecule has 0 heterocycles. The Labute approximate surface area is 142 Å². The highest BCUT2D eigenvalue weighted by Crippen LogP contribution is 2.29. The molecule has 2 amide bonds. The van der Waals surface area contributed by atoms with Crippen LogP contribution in [0, 0.1) is 0 Å². The predicted octanol–water partition coefficient (Wildman–Crippen LogP) is 4.27. The summed E-state index contributed by atoms with van der Waals surface area (Å²) in [6.07, 6.45) is 0. The van der Waals surface area contributed by atoms with E-state index in [4.69, 9.17) is 16.3 Å². The molecule has 2 aromatic rings. The van der Waals surface area contributed by atoms with Gasteiger partial charge in [-0.3, -0.25) is 0 Å². The SMILES string of the molecule is COc1cc(CNC(=O)Nc2ccc(Cl)cc2)ccc1OC(F)F. The number of hydrogen-bond acceptors (Lipinski definition) is 3. The Bertz CT molecular complexity index is 696. The maximum Gasteiger partial charge on any atom is 0.387 e. The number of carbonyl (C=O) groups excluding carboxylic acids is 1. The fourth-order valence-electron chi connectivity index (χ4n) is 1.91. The van der Waals surface area contributed by atoms with Gasteiger partial charge in [0.15, 0.2) is 11.5 Å². The molecular formula is C16H15ClF2N2O3. The van der Waals surface area contributed by atoms with Crippen LogP contribution in [0.5, 0.6) is 11.5 Å². The molecule has 2 aromatic carbocycles. The number of hydrogen-bond donors (Lipinski definition) is 2. The molecule has 2 rings (SSSR count). The Morgan fingerprint density at radius 1 is 1.17 bits per heavy atom. The van der Waals surface area contributed by atoms with Crippen molar-refractivity contribution < 1.29 is 23.0 Å². The molecule has 0 aliphatic rings. The highest BCUT2D eigenvalue weighted by Gasteiger charge is 2.11. The molecule has 0 saturated carbocycles. The average molecular weight is 357 g/mol. The molecule has 8 heteroatoms. The van der Waals surface area contributed by atoms with Gasteiger partial charge in [-0.15, -0.1) is 0 Å². The lowest BCUT2D eigenvalue weighted by Crippen LogP contribution is -2.28. The van der Waals surface area contributed by atoms with Gasteiger partial charge in [0.05, 0.1) is 7.11 Å². The van der Waals surface area contributed by atoms with Crippen LogP contribution in [-0.4, -0.2) is 19.8 Å². The molecular weight excluding hydrogens is 342 g/mol. The first kappa shape index (κ1) is 17.8. The van der Waals surface area contributed by atoms with Crippen molar-refractivity contribution in [3.63, 3.8) is 0 Å². The third-order valence-corrected chi connectivity index (χ3v) is 3.25. The Kier molecular flexibility index (Phi) is 6.20. The average Bonchev–Trinajstić information content (AvgIpc) is 2.55. The largest absolute Gasteiger partial charge is 0.493 e. The summed E-state index contributed by atoms with van der Waals surface area (Å²) in [4.78, 5) is 11.8. The van der Waals surface area contributed by atoms with Gasteiger partial charge in [-0.2, -0.15) is 8.78 Å². The minimum atomic E-state index is -2.94. The molecule has 128 valence electrons. The van der Waals surface area contributed by atoms with Gasteiger partial charge in [0.25, 0.3) is 0 Å². The maximum absolute atomic E-state index is 12.3. The number of nitrogens with one attached hydrogen (secondary N) is 2. The van der Waals surface area contributed by atoms with E-state index in [2.05, 4.69) is 15.4 Å². The van der Waals surface area contributed by atoms with Gasteiger partial charge < -0.3 is 20.1 Å². The standard InChI is InChI=1S/C16H15ClF2N2O3/c1-23-14-8-10(2-7-13(14)24-15(18)19)9-20-16(22)21-12-5-3-11(17)4-6-12/h2-8,15H,9H2,1H3,(H2,20,21,22). The summed E-state index contributed by atoms with van der Waals surface area (Å²) in [5.41, 5.74) is 1.26. The summed E-state index contributed by atoms with van der Waals surface area (Å²) in [6.45, 7) is -2.75. The van der Waals surface area contributed by atoms with Crippen LogP contribution in [0.3, 0.4) is 0 Å². The van der Waals surface area contributed by atoms with Crippen LogP contribution in [0.1, 0.15) is 5.56 Å². The van der Waals surface area contributed by atoms with Crippen LogP contribution in [-0.2, 0) is 6.54 Å². The van der Waals surface area contributed by atoms with Gasteiger partial charge in [0.1, 0.15) is 0 Å². The number of benzene rings is 2. The summed E-state index contributed by atoms with van der Waals surface area (Å²) >= 11 is 5.76. The molecule has 0 saturated heterocycles. The van der Waals surface area contributed by atoms with Crippen LogP contribution in [0.25, 0.3) is 0 Å². The minimum Gasteiger partial charge on any atom is -0.493 e. The van der Waals surface area contributed by atoms with Gasteiger partial charge in [0.2, 0.25) is 0 Å². The van der Waals surface area contributed by atoms with E-state index in [0.717, 1.165) is 0 Å². The Hall–Kier alpha value is -2.54. The monoisotopic (exact) mass is 356 g/mol. The zero-order valence-corrected chi connectivity index (χ0v) is 13.4. The maximum atomic E-state index is 12.3. The number of halogens is 3. The van der Waals surface area contributed by atoms with Crippen molar-refractivity contribution in [1.29, 1.82) is 0 Å². The molecule has 24 heavy (non-hydrogen) atoms. The van der Waals surface area contributed by atoms with Crippen molar-refractivity contribution in [2.75, 3.05) is 12.4 Å². The van der Waals surface area contributed by atoms with Gasteiger partial charge in [-0.25, -0.2) is 4.79 Å². The number of amides is 2. The molecule has 5 nitrogen and oxygen atoms in total. The summed E-state index contributed by atoms with van der Waals surface area (Å²) in [5, 5.41) is 5.86. The van der Waals surface area contributed by atoms with E-state index in [1.807, 2.05) is 0 Å². The van der Waals surface area contributed by atoms with Crippen molar-refractivity contribution in [3.05, 3.63) is 53.1 Å². The van der Waals surface area contributed by atoms with Crippen LogP contribution < -0.4 is 20.1 Å². The summed E-state index contributed by atoms with van der Waals surface area (Å²) in [5.74, 6) is 0.0922. The summed E-state index contributed by atoms with van der Waals surface area (Å²) in [7, 11) is 1.35. The van der Waals surface area contributed by atoms with E-state index in [1.54, 1.807) is 30.3 Å². The van der Waals surface area contributed by atoms with Crippen LogP contribution in [0.15, 0.2) is 42.5 Å².